The molecule has 0 radical (unpaired) electrons. The van der Waals surface area contributed by atoms with Crippen LogP contribution in [0.4, 0.5) is 5.82 Å². The Bertz CT molecular complexity index is 558. The lowest BCUT2D eigenvalue weighted by atomic mass is 10.1. The molecule has 0 amide bonds. The van der Waals surface area contributed by atoms with E-state index in [1.165, 1.54) is 11.9 Å². The zero-order valence-corrected chi connectivity index (χ0v) is 11.8. The fourth-order valence-electron chi connectivity index (χ4n) is 2.03. The fraction of sp³-hybridized carbons (Fsp3) is 0.231. The Morgan fingerprint density at radius 2 is 2.06 bits per heavy atom. The summed E-state index contributed by atoms with van der Waals surface area (Å²) in [5.41, 5.74) is 1.35. The molecule has 1 saturated carbocycles. The number of aromatic nitrogens is 2. The summed E-state index contributed by atoms with van der Waals surface area (Å²) in [6, 6.07) is 8.86. The van der Waals surface area contributed by atoms with Gasteiger partial charge in [0, 0.05) is 16.4 Å². The molecule has 1 N–H and O–H groups in total. The van der Waals surface area contributed by atoms with E-state index >= 15 is 0 Å². The number of hydrogen-bond acceptors (Lipinski definition) is 3. The van der Waals surface area contributed by atoms with E-state index in [1.54, 1.807) is 6.20 Å². The zero-order valence-electron chi connectivity index (χ0n) is 9.48. The molecule has 92 valence electrons. The quantitative estimate of drug-likeness (QED) is 0.931. The van der Waals surface area contributed by atoms with E-state index in [1.807, 2.05) is 0 Å². The minimum absolute atomic E-state index is 0.415. The van der Waals surface area contributed by atoms with Crippen molar-refractivity contribution in [1.29, 1.82) is 0 Å². The third-order valence-corrected chi connectivity index (χ3v) is 3.88. The topological polar surface area (TPSA) is 37.8 Å². The molecule has 0 bridgehead atoms. The number of anilines is 1. The average molecular weight is 325 g/mol. The van der Waals surface area contributed by atoms with Gasteiger partial charge in [0.15, 0.2) is 0 Å². The minimum atomic E-state index is 0.415. The van der Waals surface area contributed by atoms with Gasteiger partial charge in [0.25, 0.3) is 0 Å². The number of halogens is 2. The van der Waals surface area contributed by atoms with E-state index in [4.69, 9.17) is 11.6 Å². The van der Waals surface area contributed by atoms with Gasteiger partial charge in [0.2, 0.25) is 0 Å². The van der Waals surface area contributed by atoms with Gasteiger partial charge in [-0.25, -0.2) is 9.97 Å². The van der Waals surface area contributed by atoms with Crippen molar-refractivity contribution in [2.24, 2.45) is 0 Å². The second-order valence-electron chi connectivity index (χ2n) is 4.36. The normalized spacial score (nSPS) is 21.7. The van der Waals surface area contributed by atoms with Gasteiger partial charge in [-0.05, 0) is 24.1 Å². The summed E-state index contributed by atoms with van der Waals surface area (Å²) < 4.78 is 1.11. The van der Waals surface area contributed by atoms with Crippen LogP contribution in [0.15, 0.2) is 41.3 Å². The summed E-state index contributed by atoms with van der Waals surface area (Å²) in [6.45, 7) is 0. The maximum atomic E-state index is 6.02. The van der Waals surface area contributed by atoms with Crippen molar-refractivity contribution in [2.75, 3.05) is 5.32 Å². The van der Waals surface area contributed by atoms with Crippen LogP contribution in [0.25, 0.3) is 0 Å². The zero-order chi connectivity index (χ0) is 12.5. The second kappa shape index (κ2) is 4.86. The molecular formula is C13H11BrClN3. The van der Waals surface area contributed by atoms with Crippen LogP contribution in [-0.4, -0.2) is 16.0 Å². The number of nitrogens with zero attached hydrogens (tertiary/aromatic N) is 2. The van der Waals surface area contributed by atoms with Crippen LogP contribution in [0.2, 0.25) is 5.02 Å². The van der Waals surface area contributed by atoms with Crippen molar-refractivity contribution in [2.45, 2.75) is 18.4 Å². The lowest BCUT2D eigenvalue weighted by Crippen LogP contribution is -2.06. The molecule has 1 aliphatic rings. The molecule has 1 aromatic heterocycles. The van der Waals surface area contributed by atoms with E-state index in [0.717, 1.165) is 16.7 Å². The highest BCUT2D eigenvalue weighted by Crippen LogP contribution is 2.43. The van der Waals surface area contributed by atoms with Crippen LogP contribution in [0.3, 0.4) is 0 Å². The summed E-state index contributed by atoms with van der Waals surface area (Å²) in [5.74, 6) is 1.26. The molecule has 2 aromatic rings. The molecule has 3 rings (SSSR count). The first-order valence-corrected chi connectivity index (χ1v) is 6.88. The second-order valence-corrected chi connectivity index (χ2v) is 5.69. The van der Waals surface area contributed by atoms with Crippen molar-refractivity contribution in [3.63, 3.8) is 0 Å². The highest BCUT2D eigenvalue weighted by atomic mass is 79.9. The number of rotatable bonds is 3. The molecule has 5 heteroatoms. The highest BCUT2D eigenvalue weighted by Gasteiger charge is 2.38. The maximum Gasteiger partial charge on any atom is 0.148 e. The third kappa shape index (κ3) is 2.49. The number of nitrogens with one attached hydrogen (secondary N) is 1. The van der Waals surface area contributed by atoms with Crippen LogP contribution in [0.1, 0.15) is 17.9 Å². The van der Waals surface area contributed by atoms with E-state index in [2.05, 4.69) is 55.5 Å². The Morgan fingerprint density at radius 3 is 2.78 bits per heavy atom. The van der Waals surface area contributed by atoms with Crippen LogP contribution in [0.5, 0.6) is 0 Å². The monoisotopic (exact) mass is 323 g/mol. The molecule has 2 unspecified atom stereocenters. The Labute approximate surface area is 119 Å². The van der Waals surface area contributed by atoms with Gasteiger partial charge in [-0.2, -0.15) is 0 Å². The summed E-state index contributed by atoms with van der Waals surface area (Å²) in [5, 5.41) is 3.92. The van der Waals surface area contributed by atoms with E-state index < -0.39 is 0 Å². The van der Waals surface area contributed by atoms with Gasteiger partial charge in [0.05, 0.1) is 6.20 Å². The van der Waals surface area contributed by atoms with Crippen molar-refractivity contribution >= 4 is 33.3 Å². The SMILES string of the molecule is Clc1cncnc1NC1CC1c1ccc(Br)cc1. The predicted molar refractivity (Wildman–Crippen MR) is 76.0 cm³/mol. The molecule has 1 aromatic carbocycles. The van der Waals surface area contributed by atoms with Crippen LogP contribution < -0.4 is 5.32 Å². The molecule has 0 spiro atoms. The summed E-state index contributed by atoms with van der Waals surface area (Å²) in [7, 11) is 0. The molecule has 0 aliphatic heterocycles. The summed E-state index contributed by atoms with van der Waals surface area (Å²) in [6.07, 6.45) is 4.22. The molecular weight excluding hydrogens is 314 g/mol. The molecule has 0 saturated heterocycles. The Hall–Kier alpha value is -1.13. The third-order valence-electron chi connectivity index (χ3n) is 3.08. The van der Waals surface area contributed by atoms with Gasteiger partial charge in [0.1, 0.15) is 17.2 Å². The Balaban J connectivity index is 1.68. The van der Waals surface area contributed by atoms with Gasteiger partial charge in [-0.3, -0.25) is 0 Å². The number of hydrogen-bond donors (Lipinski definition) is 1. The maximum absolute atomic E-state index is 6.02. The highest BCUT2D eigenvalue weighted by molar-refractivity contribution is 9.10. The van der Waals surface area contributed by atoms with Crippen molar-refractivity contribution in [1.82, 2.24) is 9.97 Å². The van der Waals surface area contributed by atoms with Gasteiger partial charge < -0.3 is 5.32 Å². The largest absolute Gasteiger partial charge is 0.365 e. The van der Waals surface area contributed by atoms with Gasteiger partial charge in [-0.15, -0.1) is 0 Å². The molecule has 18 heavy (non-hydrogen) atoms. The standard InChI is InChI=1S/C13H11BrClN3/c14-9-3-1-8(2-4-9)10-5-12(10)18-13-11(15)6-16-7-17-13/h1-4,6-7,10,12H,5H2,(H,16,17,18). The van der Waals surface area contributed by atoms with Crippen LogP contribution in [0, 0.1) is 0 Å². The van der Waals surface area contributed by atoms with Crippen LogP contribution in [-0.2, 0) is 0 Å². The molecule has 1 aliphatic carbocycles. The van der Waals surface area contributed by atoms with Crippen molar-refractivity contribution < 1.29 is 0 Å². The number of benzene rings is 1. The lowest BCUT2D eigenvalue weighted by molar-refractivity contribution is 1.02. The smallest absolute Gasteiger partial charge is 0.148 e. The van der Waals surface area contributed by atoms with Gasteiger partial charge in [-0.1, -0.05) is 39.7 Å². The molecule has 3 nitrogen and oxygen atoms in total. The van der Waals surface area contributed by atoms with Gasteiger partial charge >= 0.3 is 0 Å². The first kappa shape index (κ1) is 11.9. The summed E-state index contributed by atoms with van der Waals surface area (Å²) in [4.78, 5) is 8.01. The predicted octanol–water partition coefficient (Wildman–Crippen LogP) is 3.86. The molecule has 1 heterocycles. The minimum Gasteiger partial charge on any atom is -0.365 e. The van der Waals surface area contributed by atoms with Crippen LogP contribution >= 0.6 is 27.5 Å². The fourth-order valence-corrected chi connectivity index (χ4v) is 2.45. The lowest BCUT2D eigenvalue weighted by Gasteiger charge is -2.06. The molecule has 2 atom stereocenters. The first-order chi connectivity index (χ1) is 8.74. The van der Waals surface area contributed by atoms with E-state index in [0.29, 0.717) is 17.0 Å². The Morgan fingerprint density at radius 1 is 1.28 bits per heavy atom. The average Bonchev–Trinajstić information content (AvgIpc) is 3.12. The Kier molecular flexibility index (Phi) is 3.22. The molecule has 1 fully saturated rings. The van der Waals surface area contributed by atoms with Crippen molar-refractivity contribution in [3.8, 4) is 0 Å². The van der Waals surface area contributed by atoms with E-state index in [-0.39, 0.29) is 0 Å². The summed E-state index contributed by atoms with van der Waals surface area (Å²) >= 11 is 9.46. The first-order valence-electron chi connectivity index (χ1n) is 5.71. The van der Waals surface area contributed by atoms with Crippen molar-refractivity contribution in [3.05, 3.63) is 51.8 Å². The van der Waals surface area contributed by atoms with E-state index in [9.17, 15) is 0 Å².